The van der Waals surface area contributed by atoms with Crippen LogP contribution >= 0.6 is 11.6 Å². The molecule has 5 rings (SSSR count). The maximum absolute atomic E-state index is 9.42. The second-order valence-corrected chi connectivity index (χ2v) is 7.52. The van der Waals surface area contributed by atoms with Crippen LogP contribution in [0.15, 0.2) is 79.0 Å². The van der Waals surface area contributed by atoms with Gasteiger partial charge in [-0.05, 0) is 54.1 Å². The van der Waals surface area contributed by atoms with Gasteiger partial charge in [0.15, 0.2) is 11.5 Å². The molecule has 0 atom stereocenters. The Morgan fingerprint density at radius 1 is 0.935 bits per heavy atom. The number of rotatable bonds is 4. The van der Waals surface area contributed by atoms with Crippen molar-refractivity contribution in [2.24, 2.45) is 0 Å². The molecular weight excluding hydrogens is 410 g/mol. The molecule has 152 valence electrons. The van der Waals surface area contributed by atoms with Gasteiger partial charge in [-0.15, -0.1) is 0 Å². The van der Waals surface area contributed by atoms with E-state index in [1.165, 1.54) is 0 Å². The Labute approximate surface area is 183 Å². The van der Waals surface area contributed by atoms with Crippen LogP contribution in [0, 0.1) is 0 Å². The van der Waals surface area contributed by atoms with Crippen LogP contribution in [0.2, 0.25) is 5.02 Å². The Bertz CT molecular complexity index is 1400. The lowest BCUT2D eigenvalue weighted by molar-refractivity contribution is 0.282. The highest BCUT2D eigenvalue weighted by Gasteiger charge is 2.18. The maximum Gasteiger partial charge on any atom is 0.165 e. The summed E-state index contributed by atoms with van der Waals surface area (Å²) in [6.45, 7) is -0.0233. The minimum absolute atomic E-state index is 0.0233. The minimum atomic E-state index is -0.0233. The molecule has 0 unspecified atom stereocenters. The summed E-state index contributed by atoms with van der Waals surface area (Å²) in [4.78, 5) is 14.0. The van der Waals surface area contributed by atoms with Gasteiger partial charge in [0.2, 0.25) is 0 Å². The zero-order valence-electron chi connectivity index (χ0n) is 16.4. The van der Waals surface area contributed by atoms with Gasteiger partial charge >= 0.3 is 0 Å². The first-order valence-corrected chi connectivity index (χ1v) is 10.1. The number of benzene rings is 2. The van der Waals surface area contributed by atoms with E-state index in [0.29, 0.717) is 22.3 Å². The molecule has 3 aromatic heterocycles. The van der Waals surface area contributed by atoms with Gasteiger partial charge in [-0.1, -0.05) is 35.9 Å². The fourth-order valence-corrected chi connectivity index (χ4v) is 3.74. The molecular formula is C24H18ClN5O. The number of nitrogen functional groups attached to an aromatic ring is 1. The van der Waals surface area contributed by atoms with Crippen LogP contribution in [-0.2, 0) is 6.61 Å². The van der Waals surface area contributed by atoms with Gasteiger partial charge in [0.1, 0.15) is 11.3 Å². The molecule has 0 saturated heterocycles. The van der Waals surface area contributed by atoms with Crippen LogP contribution in [-0.4, -0.2) is 24.6 Å². The number of nitrogens with zero attached hydrogens (tertiary/aromatic N) is 4. The van der Waals surface area contributed by atoms with E-state index in [4.69, 9.17) is 27.3 Å². The van der Waals surface area contributed by atoms with Gasteiger partial charge in [0.25, 0.3) is 0 Å². The lowest BCUT2D eigenvalue weighted by Gasteiger charge is -2.11. The van der Waals surface area contributed by atoms with Crippen molar-refractivity contribution in [3.05, 3.63) is 89.6 Å². The largest absolute Gasteiger partial charge is 0.392 e. The lowest BCUT2D eigenvalue weighted by Crippen LogP contribution is -2.02. The van der Waals surface area contributed by atoms with E-state index < -0.39 is 0 Å². The number of aromatic nitrogens is 4. The number of hydrogen-bond acceptors (Lipinski definition) is 5. The van der Waals surface area contributed by atoms with Crippen molar-refractivity contribution in [2.75, 3.05) is 5.73 Å². The van der Waals surface area contributed by atoms with Gasteiger partial charge in [-0.3, -0.25) is 4.57 Å². The first-order chi connectivity index (χ1) is 15.1. The first kappa shape index (κ1) is 19.2. The van der Waals surface area contributed by atoms with Crippen molar-refractivity contribution < 1.29 is 5.11 Å². The molecule has 7 heteroatoms. The summed E-state index contributed by atoms with van der Waals surface area (Å²) in [6.07, 6.45) is 1.65. The summed E-state index contributed by atoms with van der Waals surface area (Å²) in [5.41, 5.74) is 11.7. The predicted octanol–water partition coefficient (Wildman–Crippen LogP) is 4.88. The molecule has 0 aliphatic carbocycles. The number of hydrogen-bond donors (Lipinski definition) is 2. The van der Waals surface area contributed by atoms with Crippen LogP contribution < -0.4 is 5.73 Å². The zero-order valence-corrected chi connectivity index (χ0v) is 17.2. The third-order valence-electron chi connectivity index (χ3n) is 5.08. The van der Waals surface area contributed by atoms with Gasteiger partial charge < -0.3 is 10.8 Å². The third-order valence-corrected chi connectivity index (χ3v) is 5.32. The molecule has 2 aromatic carbocycles. The zero-order chi connectivity index (χ0) is 21.4. The summed E-state index contributed by atoms with van der Waals surface area (Å²) in [5, 5.41) is 10.1. The molecule has 0 fully saturated rings. The molecule has 0 amide bonds. The van der Waals surface area contributed by atoms with E-state index in [0.717, 1.165) is 33.6 Å². The number of imidazole rings is 1. The number of anilines is 1. The van der Waals surface area contributed by atoms with Crippen LogP contribution in [0.4, 0.5) is 5.82 Å². The fraction of sp³-hybridized carbons (Fsp3) is 0.0417. The first-order valence-electron chi connectivity index (χ1n) is 9.70. The molecule has 0 aliphatic rings. The smallest absolute Gasteiger partial charge is 0.165 e. The van der Waals surface area contributed by atoms with Crippen LogP contribution in [0.5, 0.6) is 0 Å². The molecule has 5 aromatic rings. The van der Waals surface area contributed by atoms with E-state index in [1.54, 1.807) is 6.20 Å². The van der Waals surface area contributed by atoms with Gasteiger partial charge in [0, 0.05) is 22.5 Å². The topological polar surface area (TPSA) is 89.9 Å². The summed E-state index contributed by atoms with van der Waals surface area (Å²) in [5.74, 6) is 1.04. The van der Waals surface area contributed by atoms with Gasteiger partial charge in [0.05, 0.1) is 17.9 Å². The Balaban J connectivity index is 1.79. The second-order valence-electron chi connectivity index (χ2n) is 7.08. The summed E-state index contributed by atoms with van der Waals surface area (Å²) >= 11 is 6.18. The monoisotopic (exact) mass is 427 g/mol. The molecule has 6 nitrogen and oxygen atoms in total. The number of fused-ring (bicyclic) bond motifs is 1. The number of halogens is 1. The summed E-state index contributed by atoms with van der Waals surface area (Å²) < 4.78 is 1.96. The Kier molecular flexibility index (Phi) is 4.86. The third kappa shape index (κ3) is 3.52. The van der Waals surface area contributed by atoms with E-state index in [1.807, 2.05) is 77.4 Å². The SMILES string of the molecule is Nc1ncccc1-c1nc2ccc(-c3cccc(Cl)c3)nc2n1-c1ccc(CO)cc1. The molecule has 0 spiro atoms. The Morgan fingerprint density at radius 2 is 1.77 bits per heavy atom. The van der Waals surface area contributed by atoms with E-state index in [2.05, 4.69) is 4.98 Å². The number of aliphatic hydroxyl groups is 1. The molecule has 0 aliphatic heterocycles. The number of nitrogens with two attached hydrogens (primary N) is 1. The van der Waals surface area contributed by atoms with E-state index in [-0.39, 0.29) is 6.61 Å². The highest BCUT2D eigenvalue weighted by Crippen LogP contribution is 2.32. The Morgan fingerprint density at radius 3 is 2.52 bits per heavy atom. The van der Waals surface area contributed by atoms with E-state index >= 15 is 0 Å². The molecule has 0 bridgehead atoms. The van der Waals surface area contributed by atoms with Crippen LogP contribution in [0.25, 0.3) is 39.5 Å². The fourth-order valence-electron chi connectivity index (χ4n) is 3.55. The molecule has 0 radical (unpaired) electrons. The summed E-state index contributed by atoms with van der Waals surface area (Å²) in [7, 11) is 0. The normalized spacial score (nSPS) is 11.2. The van der Waals surface area contributed by atoms with Gasteiger partial charge in [-0.2, -0.15) is 0 Å². The minimum Gasteiger partial charge on any atom is -0.392 e. The standard InChI is InChI=1S/C24H18ClN5O/c25-17-4-1-3-16(13-17)20-10-11-21-24(28-20)30(18-8-6-15(14-31)7-9-18)23(29-21)19-5-2-12-27-22(19)26/h1-13,31H,14H2,(H2,26,27). The quantitative estimate of drug-likeness (QED) is 0.426. The number of aliphatic hydroxyl groups excluding tert-OH is 1. The summed E-state index contributed by atoms with van der Waals surface area (Å²) in [6, 6.07) is 22.8. The Hall–Kier alpha value is -3.74. The van der Waals surface area contributed by atoms with Crippen molar-refractivity contribution in [2.45, 2.75) is 6.61 Å². The number of pyridine rings is 2. The molecule has 31 heavy (non-hydrogen) atoms. The van der Waals surface area contributed by atoms with Crippen molar-refractivity contribution in [3.8, 4) is 28.3 Å². The van der Waals surface area contributed by atoms with Crippen molar-refractivity contribution in [1.29, 1.82) is 0 Å². The maximum atomic E-state index is 9.42. The average Bonchev–Trinajstić information content (AvgIpc) is 3.18. The van der Waals surface area contributed by atoms with Crippen LogP contribution in [0.1, 0.15) is 5.56 Å². The lowest BCUT2D eigenvalue weighted by atomic mass is 10.1. The van der Waals surface area contributed by atoms with E-state index in [9.17, 15) is 5.11 Å². The average molecular weight is 428 g/mol. The second kappa shape index (κ2) is 7.83. The molecule has 3 heterocycles. The van der Waals surface area contributed by atoms with Crippen molar-refractivity contribution >= 4 is 28.6 Å². The van der Waals surface area contributed by atoms with Crippen molar-refractivity contribution in [1.82, 2.24) is 19.5 Å². The molecule has 0 saturated carbocycles. The van der Waals surface area contributed by atoms with Gasteiger partial charge in [-0.25, -0.2) is 15.0 Å². The molecule has 3 N–H and O–H groups in total. The highest BCUT2D eigenvalue weighted by atomic mass is 35.5. The van der Waals surface area contributed by atoms with Crippen molar-refractivity contribution in [3.63, 3.8) is 0 Å². The van der Waals surface area contributed by atoms with Crippen LogP contribution in [0.3, 0.4) is 0 Å². The predicted molar refractivity (Wildman–Crippen MR) is 123 cm³/mol. The highest BCUT2D eigenvalue weighted by molar-refractivity contribution is 6.30.